The maximum atomic E-state index is 10.7. The minimum atomic E-state index is -1.22. The molecule has 10 heteroatoms. The van der Waals surface area contributed by atoms with E-state index in [2.05, 4.69) is 10.6 Å². The van der Waals surface area contributed by atoms with Crippen molar-refractivity contribution in [3.63, 3.8) is 0 Å². The fourth-order valence-corrected chi connectivity index (χ4v) is 0.488. The molecule has 0 aromatic carbocycles. The molecule has 0 saturated carbocycles. The molecule has 1 radical (unpaired) electrons. The number of rotatable bonds is 5. The van der Waals surface area contributed by atoms with Gasteiger partial charge < -0.3 is 43.4 Å². The molecule has 2 amide bonds. The number of amides is 2. The van der Waals surface area contributed by atoms with Crippen LogP contribution in [0, 0.1) is 0 Å². The van der Waals surface area contributed by atoms with Gasteiger partial charge in [-0.05, 0) is 6.54 Å². The van der Waals surface area contributed by atoms with E-state index >= 15 is 0 Å². The summed E-state index contributed by atoms with van der Waals surface area (Å²) >= 11 is 0. The Morgan fingerprint density at radius 3 is 2.00 bits per heavy atom. The Kier molecular flexibility index (Phi) is 18.8. The smallest absolute Gasteiger partial charge is 0.285 e. The second kappa shape index (κ2) is 12.9. The van der Waals surface area contributed by atoms with Gasteiger partial charge in [0, 0.05) is 28.6 Å². The number of carboxylic acids is 1. The van der Waals surface area contributed by atoms with Gasteiger partial charge in [-0.2, -0.15) is 0 Å². The van der Waals surface area contributed by atoms with Crippen molar-refractivity contribution in [3.05, 3.63) is 16.4 Å². The number of carbonyl (C=O) groups is 3. The van der Waals surface area contributed by atoms with Gasteiger partial charge in [0.05, 0.1) is 0 Å². The molecule has 0 rings (SSSR count). The predicted octanol–water partition coefficient (Wildman–Crippen LogP) is 0.634. The van der Waals surface area contributed by atoms with Crippen molar-refractivity contribution in [1.29, 1.82) is 0 Å². The van der Waals surface area contributed by atoms with E-state index in [1.165, 1.54) is 6.92 Å². The fraction of sp³-hybridized carbons (Fsp3) is 0.571. The van der Waals surface area contributed by atoms with E-state index in [1.807, 2.05) is 0 Å². The van der Waals surface area contributed by atoms with E-state index in [1.54, 1.807) is 0 Å². The quantitative estimate of drug-likeness (QED) is 0.664. The molecule has 105 valence electrons. The summed E-state index contributed by atoms with van der Waals surface area (Å²) in [5.74, 6) is -2.72. The average molecular weight is 293 g/mol. The topological polar surface area (TPSA) is 193 Å². The van der Waals surface area contributed by atoms with E-state index in [9.17, 15) is 14.4 Å². The zero-order chi connectivity index (χ0) is 11.1. The van der Waals surface area contributed by atoms with Gasteiger partial charge >= 0.3 is 0 Å². The van der Waals surface area contributed by atoms with Crippen LogP contribution in [0.15, 0.2) is 0 Å². The summed E-state index contributed by atoms with van der Waals surface area (Å²) in [5.41, 5.74) is 6.92. The van der Waals surface area contributed by atoms with Crippen molar-refractivity contribution in [3.8, 4) is 0 Å². The van der Waals surface area contributed by atoms with Gasteiger partial charge in [-0.15, -0.1) is 0 Å². The average Bonchev–Trinajstić information content (AvgIpc) is 2.10. The first kappa shape index (κ1) is 24.9. The molecule has 0 bridgehead atoms. The molecule has 0 aliphatic heterocycles. The first-order chi connectivity index (χ1) is 6.43. The number of hydrogen-bond acceptors (Lipinski definition) is 5. The van der Waals surface area contributed by atoms with Crippen molar-refractivity contribution >= 4 is 17.8 Å². The second-order valence-corrected chi connectivity index (χ2v) is 2.48. The number of nitrogens with zero attached hydrogens (tertiary/aromatic N) is 2. The number of carbonyl (C=O) groups excluding carboxylic acids is 2. The van der Waals surface area contributed by atoms with Crippen LogP contribution in [-0.4, -0.2) is 42.0 Å². The summed E-state index contributed by atoms with van der Waals surface area (Å²) in [6, 6.07) is -1.01. The van der Waals surface area contributed by atoms with Crippen LogP contribution in [0.5, 0.6) is 0 Å². The summed E-state index contributed by atoms with van der Waals surface area (Å²) < 4.78 is 0. The predicted molar refractivity (Wildman–Crippen MR) is 57.9 cm³/mol. The van der Waals surface area contributed by atoms with E-state index < -0.39 is 36.9 Å². The molecule has 0 aromatic heterocycles. The largest absolute Gasteiger partial charge is 0.670 e. The Bertz CT molecular complexity index is 248. The monoisotopic (exact) mass is 293 g/mol. The molecule has 0 fully saturated rings. The normalized spacial score (nSPS) is 9.53. The molecule has 0 aromatic rings. The van der Waals surface area contributed by atoms with Crippen LogP contribution >= 0.6 is 0 Å². The first-order valence-corrected chi connectivity index (χ1v) is 3.78. The Morgan fingerprint density at radius 2 is 1.65 bits per heavy atom. The molecule has 0 saturated heterocycles. The van der Waals surface area contributed by atoms with Gasteiger partial charge in [0.15, 0.2) is 0 Å². The minimum Gasteiger partial charge on any atom is -0.670 e. The zero-order valence-corrected chi connectivity index (χ0v) is 10.3. The minimum absolute atomic E-state index is 0. The maximum absolute atomic E-state index is 10.7. The molecule has 8 N–H and O–H groups in total. The second-order valence-electron chi connectivity index (χ2n) is 2.48. The molecule has 0 aliphatic carbocycles. The van der Waals surface area contributed by atoms with E-state index in [0.717, 1.165) is 0 Å². The van der Waals surface area contributed by atoms with Crippen LogP contribution in [0.1, 0.15) is 6.92 Å². The standard InChI is InChI=1S/C7H12N3O4.Co.2H3N/c1-4(8)7(14)10-2-5(11)9-3-6(12)13;;;/h4,8H,2-3H2,1H3,(H3,9,10,11,12,13,14);;2*1H3/q-1;;;/p-2. The molecule has 9 nitrogen and oxygen atoms in total. The van der Waals surface area contributed by atoms with Crippen molar-refractivity contribution in [2.24, 2.45) is 0 Å². The van der Waals surface area contributed by atoms with Crippen LogP contribution in [-0.2, 0) is 31.2 Å². The van der Waals surface area contributed by atoms with E-state index in [0.29, 0.717) is 0 Å². The number of hydrogen-bond donors (Lipinski definition) is 3. The number of carboxylic acid groups (broad SMARTS) is 1. The maximum Gasteiger partial charge on any atom is 0.285 e. The van der Waals surface area contributed by atoms with Crippen molar-refractivity contribution in [2.75, 3.05) is 13.1 Å². The Balaban J connectivity index is -0.000000282. The van der Waals surface area contributed by atoms with Gasteiger partial charge in [0.1, 0.15) is 0 Å². The van der Waals surface area contributed by atoms with Crippen LogP contribution in [0.3, 0.4) is 0 Å². The van der Waals surface area contributed by atoms with Crippen LogP contribution in [0.4, 0.5) is 0 Å². The Hall–Kier alpha value is -1.20. The summed E-state index contributed by atoms with van der Waals surface area (Å²) in [6.45, 7) is 0.207. The zero-order valence-electron chi connectivity index (χ0n) is 9.31. The molecule has 0 spiro atoms. The summed E-state index contributed by atoms with van der Waals surface area (Å²) in [4.78, 5) is 31.4. The SMILES string of the molecule is CC([NH-])C(=O)[N-]CC(=O)[N-]CC(=O)O.N.N.[Co]. The summed E-state index contributed by atoms with van der Waals surface area (Å²) in [7, 11) is 0. The van der Waals surface area contributed by atoms with E-state index in [4.69, 9.17) is 10.8 Å². The van der Waals surface area contributed by atoms with Crippen LogP contribution in [0.2, 0.25) is 0 Å². The molecule has 0 heterocycles. The third kappa shape index (κ3) is 14.8. The first-order valence-electron chi connectivity index (χ1n) is 3.78. The fourth-order valence-electron chi connectivity index (χ4n) is 0.488. The van der Waals surface area contributed by atoms with Gasteiger partial charge in [-0.1, -0.05) is 19.5 Å². The Labute approximate surface area is 109 Å². The van der Waals surface area contributed by atoms with Crippen molar-refractivity contribution in [1.82, 2.24) is 12.3 Å². The summed E-state index contributed by atoms with van der Waals surface area (Å²) in [6.07, 6.45) is 0. The van der Waals surface area contributed by atoms with Gasteiger partial charge in [0.2, 0.25) is 0 Å². The van der Waals surface area contributed by atoms with Crippen LogP contribution in [0.25, 0.3) is 16.4 Å². The number of aliphatic carboxylic acids is 1. The third-order valence-corrected chi connectivity index (χ3v) is 1.13. The molecule has 1 atom stereocenters. The van der Waals surface area contributed by atoms with Gasteiger partial charge in [0.25, 0.3) is 5.97 Å². The number of nitrogens with one attached hydrogen (secondary N) is 1. The van der Waals surface area contributed by atoms with E-state index in [-0.39, 0.29) is 29.1 Å². The third-order valence-electron chi connectivity index (χ3n) is 1.13. The van der Waals surface area contributed by atoms with Gasteiger partial charge in [-0.3, -0.25) is 4.79 Å². The molecular formula is C7H16CoN5O4-3. The Morgan fingerprint density at radius 1 is 1.18 bits per heavy atom. The van der Waals surface area contributed by atoms with Crippen LogP contribution < -0.4 is 12.3 Å². The van der Waals surface area contributed by atoms with Gasteiger partial charge in [-0.25, -0.2) is 0 Å². The molecular weight excluding hydrogens is 277 g/mol. The molecule has 0 aliphatic rings. The molecule has 1 unspecified atom stereocenters. The summed E-state index contributed by atoms with van der Waals surface area (Å²) in [5, 5.41) is 14.5. The molecule has 17 heavy (non-hydrogen) atoms. The van der Waals surface area contributed by atoms with Crippen molar-refractivity contribution < 1.29 is 36.3 Å². The van der Waals surface area contributed by atoms with Crippen molar-refractivity contribution in [2.45, 2.75) is 13.0 Å².